The first-order valence-electron chi connectivity index (χ1n) is 5.74. The fourth-order valence-electron chi connectivity index (χ4n) is 1.82. The maximum Gasteiger partial charge on any atom is 0.323 e. The minimum Gasteiger partial charge on any atom is -0.341 e. The van der Waals surface area contributed by atoms with Gasteiger partial charge in [0.25, 0.3) is 0 Å². The van der Waals surface area contributed by atoms with Crippen molar-refractivity contribution in [2.24, 2.45) is 0 Å². The van der Waals surface area contributed by atoms with Gasteiger partial charge in [-0.2, -0.15) is 0 Å². The number of aromatic amines is 2. The SMILES string of the molecule is CNC(=O)N(C)CCc1ccc2[nH]c(=O)[nH]c2c1. The lowest BCUT2D eigenvalue weighted by atomic mass is 10.1. The number of hydrogen-bond donors (Lipinski definition) is 3. The second-order valence-corrected chi connectivity index (χ2v) is 4.19. The Labute approximate surface area is 104 Å². The predicted molar refractivity (Wildman–Crippen MR) is 69.7 cm³/mol. The molecule has 3 N–H and O–H groups in total. The van der Waals surface area contributed by atoms with Crippen molar-refractivity contribution in [1.29, 1.82) is 0 Å². The van der Waals surface area contributed by atoms with E-state index in [2.05, 4.69) is 15.3 Å². The normalized spacial score (nSPS) is 10.6. The highest BCUT2D eigenvalue weighted by Gasteiger charge is 2.06. The summed E-state index contributed by atoms with van der Waals surface area (Å²) >= 11 is 0. The molecule has 2 rings (SSSR count). The molecule has 0 radical (unpaired) electrons. The van der Waals surface area contributed by atoms with Crippen molar-refractivity contribution >= 4 is 17.1 Å². The molecule has 6 heteroatoms. The molecular formula is C12H16N4O2. The van der Waals surface area contributed by atoms with Gasteiger partial charge < -0.3 is 20.2 Å². The summed E-state index contributed by atoms with van der Waals surface area (Å²) < 4.78 is 0. The third-order valence-corrected chi connectivity index (χ3v) is 2.88. The van der Waals surface area contributed by atoms with Crippen LogP contribution in [0.15, 0.2) is 23.0 Å². The van der Waals surface area contributed by atoms with Gasteiger partial charge in [-0.15, -0.1) is 0 Å². The topological polar surface area (TPSA) is 81.0 Å². The lowest BCUT2D eigenvalue weighted by molar-refractivity contribution is 0.211. The maximum absolute atomic E-state index is 11.3. The van der Waals surface area contributed by atoms with Crippen LogP contribution in [0.2, 0.25) is 0 Å². The highest BCUT2D eigenvalue weighted by Crippen LogP contribution is 2.10. The van der Waals surface area contributed by atoms with Crippen molar-refractivity contribution in [3.63, 3.8) is 0 Å². The zero-order valence-corrected chi connectivity index (χ0v) is 10.4. The number of rotatable bonds is 3. The number of H-pyrrole nitrogens is 2. The summed E-state index contributed by atoms with van der Waals surface area (Å²) in [7, 11) is 3.35. The van der Waals surface area contributed by atoms with Crippen molar-refractivity contribution in [1.82, 2.24) is 20.2 Å². The molecule has 0 saturated heterocycles. The first-order chi connectivity index (χ1) is 8.60. The molecule has 0 spiro atoms. The fourth-order valence-corrected chi connectivity index (χ4v) is 1.82. The molecule has 0 unspecified atom stereocenters. The van der Waals surface area contributed by atoms with Crippen molar-refractivity contribution in [2.45, 2.75) is 6.42 Å². The quantitative estimate of drug-likeness (QED) is 0.746. The van der Waals surface area contributed by atoms with Gasteiger partial charge in [0.05, 0.1) is 11.0 Å². The Kier molecular flexibility index (Phi) is 3.36. The van der Waals surface area contributed by atoms with Crippen LogP contribution in [0.5, 0.6) is 0 Å². The molecule has 0 aliphatic rings. The minimum atomic E-state index is -0.204. The van der Waals surface area contributed by atoms with Crippen molar-refractivity contribution in [3.05, 3.63) is 34.2 Å². The smallest absolute Gasteiger partial charge is 0.323 e. The third-order valence-electron chi connectivity index (χ3n) is 2.88. The minimum absolute atomic E-state index is 0.105. The van der Waals surface area contributed by atoms with Gasteiger partial charge in [-0.25, -0.2) is 9.59 Å². The third kappa shape index (κ3) is 2.53. The molecule has 0 aliphatic heterocycles. The average molecular weight is 248 g/mol. The van der Waals surface area contributed by atoms with Crippen LogP contribution in [-0.2, 0) is 6.42 Å². The van der Waals surface area contributed by atoms with Crippen LogP contribution in [0.1, 0.15) is 5.56 Å². The molecule has 1 aromatic heterocycles. The van der Waals surface area contributed by atoms with E-state index in [0.29, 0.717) is 6.54 Å². The van der Waals surface area contributed by atoms with Crippen LogP contribution >= 0.6 is 0 Å². The number of fused-ring (bicyclic) bond motifs is 1. The standard InChI is InChI=1S/C12H16N4O2/c1-13-12(18)16(2)6-5-8-3-4-9-10(7-8)15-11(17)14-9/h3-4,7H,5-6H2,1-2H3,(H,13,18)(H2,14,15,17). The average Bonchev–Trinajstić information content (AvgIpc) is 2.74. The van der Waals surface area contributed by atoms with Gasteiger partial charge in [0.15, 0.2) is 0 Å². The van der Waals surface area contributed by atoms with Crippen molar-refractivity contribution < 1.29 is 4.79 Å². The fraction of sp³-hybridized carbons (Fsp3) is 0.333. The number of hydrogen-bond acceptors (Lipinski definition) is 2. The van der Waals surface area contributed by atoms with E-state index in [4.69, 9.17) is 0 Å². The maximum atomic E-state index is 11.3. The number of nitrogens with one attached hydrogen (secondary N) is 3. The first-order valence-corrected chi connectivity index (χ1v) is 5.74. The number of nitrogens with zero attached hydrogens (tertiary/aromatic N) is 1. The van der Waals surface area contributed by atoms with E-state index in [1.165, 1.54) is 0 Å². The summed E-state index contributed by atoms with van der Waals surface area (Å²) in [6.07, 6.45) is 0.743. The summed E-state index contributed by atoms with van der Waals surface area (Å²) in [5, 5.41) is 2.57. The lowest BCUT2D eigenvalue weighted by Gasteiger charge is -2.16. The summed E-state index contributed by atoms with van der Waals surface area (Å²) in [4.78, 5) is 29.5. The number of amides is 2. The monoisotopic (exact) mass is 248 g/mol. The zero-order chi connectivity index (χ0) is 13.1. The van der Waals surface area contributed by atoms with Gasteiger partial charge >= 0.3 is 11.7 Å². The Hall–Kier alpha value is -2.24. The lowest BCUT2D eigenvalue weighted by Crippen LogP contribution is -2.36. The number of benzene rings is 1. The zero-order valence-electron chi connectivity index (χ0n) is 10.4. The van der Waals surface area contributed by atoms with Crippen LogP contribution < -0.4 is 11.0 Å². The Morgan fingerprint density at radius 2 is 2.06 bits per heavy atom. The molecule has 2 amide bonds. The van der Waals surface area contributed by atoms with Crippen LogP contribution in [0.4, 0.5) is 4.79 Å². The van der Waals surface area contributed by atoms with E-state index in [1.807, 2.05) is 18.2 Å². The highest BCUT2D eigenvalue weighted by atomic mass is 16.2. The largest absolute Gasteiger partial charge is 0.341 e. The Morgan fingerprint density at radius 3 is 2.78 bits per heavy atom. The van der Waals surface area contributed by atoms with E-state index in [-0.39, 0.29) is 11.7 Å². The van der Waals surface area contributed by atoms with Crippen LogP contribution in [0.3, 0.4) is 0 Å². The number of imidazole rings is 1. The van der Waals surface area contributed by atoms with Crippen LogP contribution in [-0.4, -0.2) is 41.5 Å². The molecule has 6 nitrogen and oxygen atoms in total. The van der Waals surface area contributed by atoms with Crippen molar-refractivity contribution in [3.8, 4) is 0 Å². The Bertz CT molecular complexity index is 614. The van der Waals surface area contributed by atoms with E-state index in [1.54, 1.807) is 19.0 Å². The number of likely N-dealkylation sites (N-methyl/N-ethyl adjacent to an activating group) is 1. The molecule has 0 atom stereocenters. The molecule has 1 heterocycles. The molecule has 0 aliphatic carbocycles. The van der Waals surface area contributed by atoms with Gasteiger partial charge in [0.1, 0.15) is 0 Å². The van der Waals surface area contributed by atoms with E-state index >= 15 is 0 Å². The van der Waals surface area contributed by atoms with E-state index in [0.717, 1.165) is 23.0 Å². The summed E-state index contributed by atoms with van der Waals surface area (Å²) in [5.41, 5.74) is 2.46. The van der Waals surface area contributed by atoms with Crippen LogP contribution in [0, 0.1) is 0 Å². The molecule has 0 fully saturated rings. The summed E-state index contributed by atoms with van der Waals surface area (Å²) in [5.74, 6) is 0. The molecule has 18 heavy (non-hydrogen) atoms. The van der Waals surface area contributed by atoms with Crippen molar-refractivity contribution in [2.75, 3.05) is 20.6 Å². The summed E-state index contributed by atoms with van der Waals surface area (Å²) in [6.45, 7) is 0.625. The molecule has 96 valence electrons. The molecule has 0 saturated carbocycles. The summed E-state index contributed by atoms with van der Waals surface area (Å²) in [6, 6.07) is 5.63. The Balaban J connectivity index is 2.08. The number of aromatic nitrogens is 2. The predicted octanol–water partition coefficient (Wildman–Crippen LogP) is 0.670. The van der Waals surface area contributed by atoms with E-state index < -0.39 is 0 Å². The van der Waals surface area contributed by atoms with Gasteiger partial charge in [-0.1, -0.05) is 6.07 Å². The second-order valence-electron chi connectivity index (χ2n) is 4.19. The molecular weight excluding hydrogens is 232 g/mol. The van der Waals surface area contributed by atoms with Crippen LogP contribution in [0.25, 0.3) is 11.0 Å². The first kappa shape index (κ1) is 12.2. The second kappa shape index (κ2) is 4.95. The molecule has 2 aromatic rings. The molecule has 0 bridgehead atoms. The highest BCUT2D eigenvalue weighted by molar-refractivity contribution is 5.75. The Morgan fingerprint density at radius 1 is 1.33 bits per heavy atom. The number of urea groups is 1. The molecule has 1 aromatic carbocycles. The van der Waals surface area contributed by atoms with Gasteiger partial charge in [0.2, 0.25) is 0 Å². The van der Waals surface area contributed by atoms with Gasteiger partial charge in [-0.3, -0.25) is 0 Å². The number of carbonyl (C=O) groups is 1. The van der Waals surface area contributed by atoms with Gasteiger partial charge in [0, 0.05) is 20.6 Å². The van der Waals surface area contributed by atoms with E-state index in [9.17, 15) is 9.59 Å². The van der Waals surface area contributed by atoms with Gasteiger partial charge in [-0.05, 0) is 24.1 Å². The number of carbonyl (C=O) groups excluding carboxylic acids is 1.